The summed E-state index contributed by atoms with van der Waals surface area (Å²) in [5, 5.41) is 10.2. The predicted octanol–water partition coefficient (Wildman–Crippen LogP) is 2.13. The van der Waals surface area contributed by atoms with E-state index in [1.54, 1.807) is 6.92 Å². The maximum Gasteiger partial charge on any atom is 0.0911 e. The summed E-state index contributed by atoms with van der Waals surface area (Å²) in [5.74, 6) is 0.150. The quantitative estimate of drug-likeness (QED) is 0.683. The van der Waals surface area contributed by atoms with Crippen molar-refractivity contribution in [2.45, 2.75) is 26.4 Å². The lowest BCUT2D eigenvalue weighted by molar-refractivity contribution is 0.00978. The van der Waals surface area contributed by atoms with Gasteiger partial charge in [-0.15, -0.1) is 0 Å². The summed E-state index contributed by atoms with van der Waals surface area (Å²) >= 11 is 0. The number of nitrogen functional groups attached to an aromatic ring is 1. The lowest BCUT2D eigenvalue weighted by Gasteiger charge is -2.29. The first-order valence-electron chi connectivity index (χ1n) is 4.53. The van der Waals surface area contributed by atoms with Crippen LogP contribution in [-0.2, 0) is 5.60 Å². The standard InChI is InChI=1S/C11H17NO/c1-8(2)11(3,13)9-6-4-5-7-10(9)12/h4-8,13H,12H2,1-3H3/t11-/m0/s1. The number of hydrogen-bond acceptors (Lipinski definition) is 2. The Morgan fingerprint density at radius 3 is 2.31 bits per heavy atom. The molecule has 0 spiro atoms. The molecule has 0 aliphatic carbocycles. The van der Waals surface area contributed by atoms with Crippen LogP contribution in [0, 0.1) is 5.92 Å². The maximum absolute atomic E-state index is 10.2. The van der Waals surface area contributed by atoms with Gasteiger partial charge in [-0.25, -0.2) is 0 Å². The molecular formula is C11H17NO. The van der Waals surface area contributed by atoms with Crippen LogP contribution < -0.4 is 5.73 Å². The van der Waals surface area contributed by atoms with Crippen LogP contribution in [0.5, 0.6) is 0 Å². The normalized spacial score (nSPS) is 15.8. The van der Waals surface area contributed by atoms with E-state index in [1.807, 2.05) is 38.1 Å². The molecule has 1 rings (SSSR count). The molecule has 0 aromatic heterocycles. The van der Waals surface area contributed by atoms with E-state index < -0.39 is 5.60 Å². The highest BCUT2D eigenvalue weighted by Gasteiger charge is 2.28. The molecule has 1 aromatic rings. The van der Waals surface area contributed by atoms with Crippen LogP contribution in [0.15, 0.2) is 24.3 Å². The van der Waals surface area contributed by atoms with Gasteiger partial charge in [0, 0.05) is 11.3 Å². The molecule has 2 nitrogen and oxygen atoms in total. The highest BCUT2D eigenvalue weighted by molar-refractivity contribution is 5.49. The van der Waals surface area contributed by atoms with E-state index in [9.17, 15) is 5.11 Å². The molecule has 72 valence electrons. The lowest BCUT2D eigenvalue weighted by Crippen LogP contribution is -2.28. The zero-order chi connectivity index (χ0) is 10.1. The number of para-hydroxylation sites is 1. The molecule has 1 atom stereocenters. The fourth-order valence-corrected chi connectivity index (χ4v) is 1.27. The van der Waals surface area contributed by atoms with Crippen LogP contribution in [0.1, 0.15) is 26.3 Å². The van der Waals surface area contributed by atoms with E-state index in [0.717, 1.165) is 5.56 Å². The summed E-state index contributed by atoms with van der Waals surface area (Å²) in [6, 6.07) is 7.44. The Kier molecular flexibility index (Phi) is 2.62. The SMILES string of the molecule is CC(C)[C@](C)(O)c1ccccc1N. The molecule has 0 saturated heterocycles. The van der Waals surface area contributed by atoms with Gasteiger partial charge in [0.05, 0.1) is 5.60 Å². The topological polar surface area (TPSA) is 46.2 Å². The van der Waals surface area contributed by atoms with E-state index in [1.165, 1.54) is 0 Å². The van der Waals surface area contributed by atoms with Crippen molar-refractivity contribution >= 4 is 5.69 Å². The van der Waals surface area contributed by atoms with Gasteiger partial charge in [-0.05, 0) is 18.9 Å². The van der Waals surface area contributed by atoms with Gasteiger partial charge >= 0.3 is 0 Å². The molecule has 0 saturated carbocycles. The summed E-state index contributed by atoms with van der Waals surface area (Å²) in [6.07, 6.45) is 0. The third-order valence-electron chi connectivity index (χ3n) is 2.63. The van der Waals surface area contributed by atoms with Gasteiger partial charge in [0.25, 0.3) is 0 Å². The molecular weight excluding hydrogens is 162 g/mol. The molecule has 0 radical (unpaired) electrons. The van der Waals surface area contributed by atoms with E-state index >= 15 is 0 Å². The smallest absolute Gasteiger partial charge is 0.0911 e. The van der Waals surface area contributed by atoms with Crippen molar-refractivity contribution in [2.75, 3.05) is 5.73 Å². The molecule has 0 unspecified atom stereocenters. The van der Waals surface area contributed by atoms with Crippen molar-refractivity contribution in [3.63, 3.8) is 0 Å². The molecule has 1 aromatic carbocycles. The average molecular weight is 179 g/mol. The van der Waals surface area contributed by atoms with Gasteiger partial charge < -0.3 is 10.8 Å². The van der Waals surface area contributed by atoms with Gasteiger partial charge in [0.2, 0.25) is 0 Å². The molecule has 3 N–H and O–H groups in total. The molecule has 0 aliphatic heterocycles. The summed E-state index contributed by atoms with van der Waals surface area (Å²) in [5.41, 5.74) is 6.41. The number of nitrogens with two attached hydrogens (primary N) is 1. The molecule has 2 heteroatoms. The Hall–Kier alpha value is -1.02. The van der Waals surface area contributed by atoms with Crippen LogP contribution in [0.4, 0.5) is 5.69 Å². The van der Waals surface area contributed by atoms with Gasteiger partial charge in [-0.3, -0.25) is 0 Å². The highest BCUT2D eigenvalue weighted by Crippen LogP contribution is 2.32. The van der Waals surface area contributed by atoms with Crippen molar-refractivity contribution in [2.24, 2.45) is 5.92 Å². The van der Waals surface area contributed by atoms with Gasteiger partial charge in [-0.2, -0.15) is 0 Å². The van der Waals surface area contributed by atoms with Gasteiger partial charge in [0.15, 0.2) is 0 Å². The summed E-state index contributed by atoms with van der Waals surface area (Å²) < 4.78 is 0. The zero-order valence-corrected chi connectivity index (χ0v) is 8.41. The second-order valence-corrected chi connectivity index (χ2v) is 3.89. The molecule has 0 amide bonds. The Morgan fingerprint density at radius 1 is 1.31 bits per heavy atom. The first-order chi connectivity index (χ1) is 5.96. The Morgan fingerprint density at radius 2 is 1.85 bits per heavy atom. The van der Waals surface area contributed by atoms with Crippen molar-refractivity contribution in [1.29, 1.82) is 0 Å². The fourth-order valence-electron chi connectivity index (χ4n) is 1.27. The first kappa shape index (κ1) is 10.1. The molecule has 13 heavy (non-hydrogen) atoms. The van der Waals surface area contributed by atoms with Crippen LogP contribution >= 0.6 is 0 Å². The van der Waals surface area contributed by atoms with E-state index in [2.05, 4.69) is 0 Å². The van der Waals surface area contributed by atoms with Crippen molar-refractivity contribution < 1.29 is 5.11 Å². The Balaban J connectivity index is 3.14. The van der Waals surface area contributed by atoms with Gasteiger partial charge in [-0.1, -0.05) is 32.0 Å². The predicted molar refractivity (Wildman–Crippen MR) is 55.3 cm³/mol. The number of hydrogen-bond donors (Lipinski definition) is 2. The maximum atomic E-state index is 10.2. The van der Waals surface area contributed by atoms with E-state index in [-0.39, 0.29) is 5.92 Å². The fraction of sp³-hybridized carbons (Fsp3) is 0.455. The minimum Gasteiger partial charge on any atom is -0.398 e. The molecule has 0 aliphatic rings. The highest BCUT2D eigenvalue weighted by atomic mass is 16.3. The van der Waals surface area contributed by atoms with Crippen molar-refractivity contribution in [1.82, 2.24) is 0 Å². The van der Waals surface area contributed by atoms with Crippen LogP contribution in [0.25, 0.3) is 0 Å². The average Bonchev–Trinajstić information content (AvgIpc) is 2.04. The van der Waals surface area contributed by atoms with Crippen molar-refractivity contribution in [3.8, 4) is 0 Å². The number of rotatable bonds is 2. The lowest BCUT2D eigenvalue weighted by atomic mass is 9.84. The molecule has 0 fully saturated rings. The van der Waals surface area contributed by atoms with E-state index in [0.29, 0.717) is 5.69 Å². The monoisotopic (exact) mass is 179 g/mol. The second kappa shape index (κ2) is 3.38. The largest absolute Gasteiger partial charge is 0.398 e. The second-order valence-electron chi connectivity index (χ2n) is 3.89. The molecule has 0 bridgehead atoms. The Labute approximate surface area is 79.4 Å². The van der Waals surface area contributed by atoms with Gasteiger partial charge in [0.1, 0.15) is 0 Å². The summed E-state index contributed by atoms with van der Waals surface area (Å²) in [4.78, 5) is 0. The minimum absolute atomic E-state index is 0.150. The molecule has 0 heterocycles. The number of anilines is 1. The zero-order valence-electron chi connectivity index (χ0n) is 8.41. The third kappa shape index (κ3) is 1.83. The van der Waals surface area contributed by atoms with E-state index in [4.69, 9.17) is 5.73 Å². The van der Waals surface area contributed by atoms with Crippen LogP contribution in [0.3, 0.4) is 0 Å². The first-order valence-corrected chi connectivity index (χ1v) is 4.53. The minimum atomic E-state index is -0.842. The number of benzene rings is 1. The van der Waals surface area contributed by atoms with Crippen LogP contribution in [-0.4, -0.2) is 5.11 Å². The summed E-state index contributed by atoms with van der Waals surface area (Å²) in [7, 11) is 0. The number of aliphatic hydroxyl groups is 1. The van der Waals surface area contributed by atoms with Crippen molar-refractivity contribution in [3.05, 3.63) is 29.8 Å². The Bertz CT molecular complexity index is 292. The third-order valence-corrected chi connectivity index (χ3v) is 2.63. The van der Waals surface area contributed by atoms with Crippen LogP contribution in [0.2, 0.25) is 0 Å². The summed E-state index contributed by atoms with van der Waals surface area (Å²) in [6.45, 7) is 5.75.